The van der Waals surface area contributed by atoms with Gasteiger partial charge in [-0.3, -0.25) is 0 Å². The van der Waals surface area contributed by atoms with Gasteiger partial charge in [-0.25, -0.2) is 4.79 Å². The number of nitrogens with one attached hydrogen (secondary N) is 3. The fourth-order valence-corrected chi connectivity index (χ4v) is 2.33. The molecule has 1 fully saturated rings. The number of ether oxygens (including phenoxy) is 1. The first kappa shape index (κ1) is 14.4. The van der Waals surface area contributed by atoms with Crippen molar-refractivity contribution in [1.82, 2.24) is 5.32 Å². The molecule has 1 unspecified atom stereocenters. The van der Waals surface area contributed by atoms with Crippen LogP contribution in [-0.4, -0.2) is 18.9 Å². The van der Waals surface area contributed by atoms with Gasteiger partial charge in [-0.2, -0.15) is 0 Å². The Balaban J connectivity index is 1.53. The van der Waals surface area contributed by atoms with E-state index in [-0.39, 0.29) is 12.3 Å². The lowest BCUT2D eigenvalue weighted by atomic mass is 10.2. The largest absolute Gasteiger partial charge is 0.358 e. The molecule has 1 aliphatic rings. The SMILES string of the molecule is O=C(Nc1ccc(Nc2ccccc2)cc1)NC1CCCO1. The Morgan fingerprint density at radius 1 is 0.955 bits per heavy atom. The highest BCUT2D eigenvalue weighted by molar-refractivity contribution is 5.89. The Kier molecular flexibility index (Phi) is 4.56. The molecule has 0 aromatic heterocycles. The molecule has 1 atom stereocenters. The Hall–Kier alpha value is -2.53. The molecule has 0 saturated carbocycles. The number of para-hydroxylation sites is 1. The van der Waals surface area contributed by atoms with Crippen LogP contribution >= 0.6 is 0 Å². The molecule has 2 aromatic carbocycles. The summed E-state index contributed by atoms with van der Waals surface area (Å²) in [6, 6.07) is 17.3. The second-order valence-corrected chi connectivity index (χ2v) is 5.17. The van der Waals surface area contributed by atoms with E-state index in [0.29, 0.717) is 6.61 Å². The van der Waals surface area contributed by atoms with Gasteiger partial charge in [-0.1, -0.05) is 18.2 Å². The number of hydrogen-bond acceptors (Lipinski definition) is 3. The molecule has 22 heavy (non-hydrogen) atoms. The fraction of sp³-hybridized carbons (Fsp3) is 0.235. The van der Waals surface area contributed by atoms with Crippen LogP contribution in [-0.2, 0) is 4.74 Å². The van der Waals surface area contributed by atoms with Gasteiger partial charge in [0.2, 0.25) is 0 Å². The molecule has 5 nitrogen and oxygen atoms in total. The van der Waals surface area contributed by atoms with E-state index < -0.39 is 0 Å². The molecule has 1 saturated heterocycles. The van der Waals surface area contributed by atoms with Gasteiger partial charge in [0.1, 0.15) is 6.23 Å². The maximum Gasteiger partial charge on any atom is 0.321 e. The normalized spacial score (nSPS) is 17.0. The van der Waals surface area contributed by atoms with E-state index in [1.807, 2.05) is 54.6 Å². The van der Waals surface area contributed by atoms with Gasteiger partial charge in [-0.15, -0.1) is 0 Å². The lowest BCUT2D eigenvalue weighted by Crippen LogP contribution is -2.37. The summed E-state index contributed by atoms with van der Waals surface area (Å²) in [5.41, 5.74) is 2.74. The molecule has 5 heteroatoms. The molecule has 114 valence electrons. The first-order valence-corrected chi connectivity index (χ1v) is 7.41. The molecule has 3 rings (SSSR count). The molecular weight excluding hydrogens is 278 g/mol. The van der Waals surface area contributed by atoms with Crippen LogP contribution in [0.25, 0.3) is 0 Å². The predicted molar refractivity (Wildman–Crippen MR) is 87.3 cm³/mol. The Bertz CT molecular complexity index is 608. The number of benzene rings is 2. The first-order valence-electron chi connectivity index (χ1n) is 7.41. The zero-order valence-electron chi connectivity index (χ0n) is 12.2. The van der Waals surface area contributed by atoms with Crippen LogP contribution in [0.1, 0.15) is 12.8 Å². The summed E-state index contributed by atoms with van der Waals surface area (Å²) in [5, 5.41) is 8.89. The molecule has 2 amide bonds. The fourth-order valence-electron chi connectivity index (χ4n) is 2.33. The highest BCUT2D eigenvalue weighted by atomic mass is 16.5. The van der Waals surface area contributed by atoms with Crippen molar-refractivity contribution in [2.45, 2.75) is 19.1 Å². The molecule has 0 radical (unpaired) electrons. The maximum absolute atomic E-state index is 11.8. The van der Waals surface area contributed by atoms with E-state index in [1.54, 1.807) is 0 Å². The Morgan fingerprint density at radius 2 is 1.64 bits per heavy atom. The van der Waals surface area contributed by atoms with E-state index in [9.17, 15) is 4.79 Å². The van der Waals surface area contributed by atoms with Gasteiger partial charge in [0.15, 0.2) is 0 Å². The number of carbonyl (C=O) groups excluding carboxylic acids is 1. The van der Waals surface area contributed by atoms with Gasteiger partial charge in [-0.05, 0) is 49.2 Å². The van der Waals surface area contributed by atoms with Crippen molar-refractivity contribution in [3.63, 3.8) is 0 Å². The van der Waals surface area contributed by atoms with Crippen LogP contribution in [0.4, 0.5) is 21.9 Å². The average Bonchev–Trinajstić information content (AvgIpc) is 3.03. The van der Waals surface area contributed by atoms with E-state index in [0.717, 1.165) is 29.9 Å². The van der Waals surface area contributed by atoms with Crippen LogP contribution in [0.15, 0.2) is 54.6 Å². The van der Waals surface area contributed by atoms with Gasteiger partial charge >= 0.3 is 6.03 Å². The average molecular weight is 297 g/mol. The molecule has 1 aliphatic heterocycles. The third-order valence-electron chi connectivity index (χ3n) is 3.43. The number of anilines is 3. The summed E-state index contributed by atoms with van der Waals surface area (Å²) in [5.74, 6) is 0. The van der Waals surface area contributed by atoms with E-state index >= 15 is 0 Å². The van der Waals surface area contributed by atoms with E-state index in [2.05, 4.69) is 16.0 Å². The minimum atomic E-state index is -0.240. The van der Waals surface area contributed by atoms with E-state index in [1.165, 1.54) is 0 Å². The third kappa shape index (κ3) is 3.99. The minimum Gasteiger partial charge on any atom is -0.358 e. The van der Waals surface area contributed by atoms with Crippen LogP contribution < -0.4 is 16.0 Å². The Labute approximate surface area is 129 Å². The molecule has 0 bridgehead atoms. The Morgan fingerprint density at radius 3 is 2.32 bits per heavy atom. The molecule has 3 N–H and O–H groups in total. The summed E-state index contributed by atoms with van der Waals surface area (Å²) in [6.07, 6.45) is 1.69. The zero-order chi connectivity index (χ0) is 15.2. The number of urea groups is 1. The highest BCUT2D eigenvalue weighted by Crippen LogP contribution is 2.18. The van der Waals surface area contributed by atoms with Gasteiger partial charge < -0.3 is 20.7 Å². The van der Waals surface area contributed by atoms with Crippen molar-refractivity contribution < 1.29 is 9.53 Å². The number of hydrogen-bond donors (Lipinski definition) is 3. The van der Waals surface area contributed by atoms with Crippen molar-refractivity contribution in [2.24, 2.45) is 0 Å². The van der Waals surface area contributed by atoms with Crippen LogP contribution in [0, 0.1) is 0 Å². The standard InChI is InChI=1S/C17H19N3O2/c21-17(20-16-7-4-12-22-16)19-15-10-8-14(9-11-15)18-13-5-2-1-3-6-13/h1-3,5-6,8-11,16,18H,4,7,12H2,(H2,19,20,21). The summed E-state index contributed by atoms with van der Waals surface area (Å²) >= 11 is 0. The van der Waals surface area contributed by atoms with Crippen molar-refractivity contribution in [2.75, 3.05) is 17.2 Å². The highest BCUT2D eigenvalue weighted by Gasteiger charge is 2.17. The van der Waals surface area contributed by atoms with Crippen molar-refractivity contribution in [1.29, 1.82) is 0 Å². The summed E-state index contributed by atoms with van der Waals surface area (Å²) in [4.78, 5) is 11.8. The zero-order valence-corrected chi connectivity index (χ0v) is 12.2. The summed E-state index contributed by atoms with van der Waals surface area (Å²) in [7, 11) is 0. The molecule has 1 heterocycles. The monoisotopic (exact) mass is 297 g/mol. The summed E-state index contributed by atoms with van der Waals surface area (Å²) in [6.45, 7) is 0.713. The van der Waals surface area contributed by atoms with Crippen LogP contribution in [0.5, 0.6) is 0 Å². The van der Waals surface area contributed by atoms with Gasteiger partial charge in [0, 0.05) is 23.7 Å². The van der Waals surface area contributed by atoms with Gasteiger partial charge in [0.25, 0.3) is 0 Å². The lowest BCUT2D eigenvalue weighted by molar-refractivity contribution is 0.0928. The predicted octanol–water partition coefficient (Wildman–Crippen LogP) is 3.69. The van der Waals surface area contributed by atoms with Crippen LogP contribution in [0.3, 0.4) is 0 Å². The second kappa shape index (κ2) is 6.95. The van der Waals surface area contributed by atoms with Crippen molar-refractivity contribution in [3.8, 4) is 0 Å². The lowest BCUT2D eigenvalue weighted by Gasteiger charge is -2.13. The smallest absolute Gasteiger partial charge is 0.321 e. The van der Waals surface area contributed by atoms with Crippen molar-refractivity contribution in [3.05, 3.63) is 54.6 Å². The third-order valence-corrected chi connectivity index (χ3v) is 3.43. The first-order chi connectivity index (χ1) is 10.8. The second-order valence-electron chi connectivity index (χ2n) is 5.17. The molecule has 2 aromatic rings. The molecular formula is C17H19N3O2. The summed E-state index contributed by atoms with van der Waals surface area (Å²) < 4.78 is 5.36. The minimum absolute atomic E-state index is 0.168. The number of rotatable bonds is 4. The topological polar surface area (TPSA) is 62.4 Å². The number of amides is 2. The number of carbonyl (C=O) groups is 1. The molecule has 0 spiro atoms. The van der Waals surface area contributed by atoms with Gasteiger partial charge in [0.05, 0.1) is 0 Å². The molecule has 0 aliphatic carbocycles. The quantitative estimate of drug-likeness (QED) is 0.806. The van der Waals surface area contributed by atoms with Crippen molar-refractivity contribution >= 4 is 23.1 Å². The maximum atomic E-state index is 11.8. The van der Waals surface area contributed by atoms with Crippen LogP contribution in [0.2, 0.25) is 0 Å². The van der Waals surface area contributed by atoms with E-state index in [4.69, 9.17) is 4.74 Å².